The Morgan fingerprint density at radius 1 is 1.48 bits per heavy atom. The Morgan fingerprint density at radius 3 is 2.71 bits per heavy atom. The van der Waals surface area contributed by atoms with Gasteiger partial charge in [-0.15, -0.1) is 0 Å². The monoisotopic (exact) mass is 315 g/mol. The summed E-state index contributed by atoms with van der Waals surface area (Å²) in [6, 6.07) is 3.80. The quantitative estimate of drug-likeness (QED) is 0.477. The van der Waals surface area contributed by atoms with Crippen molar-refractivity contribution in [2.45, 2.75) is 24.3 Å². The maximum absolute atomic E-state index is 12.6. The fourth-order valence-electron chi connectivity index (χ4n) is 2.32. The van der Waals surface area contributed by atoms with E-state index >= 15 is 0 Å². The number of benzene rings is 1. The molecular formula is C12H17N3O5S. The number of nitrogen functional groups attached to an aromatic ring is 1. The average molecular weight is 315 g/mol. The standard InChI is InChI=1S/C12H17N3O5S/c1-8-5-6-14(7-10(8)16)21(19,20)11-4-2-3-9(13)12(11)15(17)18/h2-4,8,10,16H,5-7,13H2,1H3. The number of anilines is 1. The molecule has 1 fully saturated rings. The van der Waals surface area contributed by atoms with Gasteiger partial charge in [0.2, 0.25) is 10.0 Å². The van der Waals surface area contributed by atoms with E-state index in [1.165, 1.54) is 12.1 Å². The number of nitrogens with zero attached hydrogens (tertiary/aromatic N) is 2. The van der Waals surface area contributed by atoms with Crippen LogP contribution in [0.15, 0.2) is 23.1 Å². The first kappa shape index (κ1) is 15.7. The average Bonchev–Trinajstić information content (AvgIpc) is 2.41. The molecule has 21 heavy (non-hydrogen) atoms. The molecule has 116 valence electrons. The molecule has 0 bridgehead atoms. The molecule has 0 aliphatic carbocycles. The van der Waals surface area contributed by atoms with E-state index in [0.29, 0.717) is 6.42 Å². The van der Waals surface area contributed by atoms with Crippen LogP contribution in [0.25, 0.3) is 0 Å². The first-order chi connectivity index (χ1) is 9.75. The van der Waals surface area contributed by atoms with E-state index in [9.17, 15) is 23.6 Å². The number of nitrogens with two attached hydrogens (primary N) is 1. The van der Waals surface area contributed by atoms with Gasteiger partial charge >= 0.3 is 5.69 Å². The Balaban J connectivity index is 2.46. The van der Waals surface area contributed by atoms with Gasteiger partial charge < -0.3 is 10.8 Å². The molecule has 1 aliphatic rings. The summed E-state index contributed by atoms with van der Waals surface area (Å²) >= 11 is 0. The zero-order chi connectivity index (χ0) is 15.8. The molecule has 8 nitrogen and oxygen atoms in total. The third kappa shape index (κ3) is 2.85. The summed E-state index contributed by atoms with van der Waals surface area (Å²) < 4.78 is 26.2. The van der Waals surface area contributed by atoms with Crippen molar-refractivity contribution in [1.82, 2.24) is 4.31 Å². The summed E-state index contributed by atoms with van der Waals surface area (Å²) in [6.07, 6.45) is -0.287. The van der Waals surface area contributed by atoms with E-state index in [0.717, 1.165) is 10.4 Å². The van der Waals surface area contributed by atoms with Crippen molar-refractivity contribution < 1.29 is 18.4 Å². The van der Waals surface area contributed by atoms with Gasteiger partial charge in [-0.2, -0.15) is 4.31 Å². The number of nitro benzene ring substituents is 1. The first-order valence-corrected chi connectivity index (χ1v) is 7.90. The number of hydrogen-bond acceptors (Lipinski definition) is 6. The lowest BCUT2D eigenvalue weighted by Crippen LogP contribution is -2.45. The van der Waals surface area contributed by atoms with Gasteiger partial charge in [-0.25, -0.2) is 8.42 Å². The highest BCUT2D eigenvalue weighted by Gasteiger charge is 2.37. The van der Waals surface area contributed by atoms with Crippen molar-refractivity contribution in [3.63, 3.8) is 0 Å². The molecule has 1 aliphatic heterocycles. The van der Waals surface area contributed by atoms with Crippen LogP contribution in [0.1, 0.15) is 13.3 Å². The Kier molecular flexibility index (Phi) is 4.17. The van der Waals surface area contributed by atoms with E-state index in [1.54, 1.807) is 0 Å². The van der Waals surface area contributed by atoms with E-state index in [-0.39, 0.29) is 24.7 Å². The smallest absolute Gasteiger partial charge is 0.312 e. The van der Waals surface area contributed by atoms with Crippen LogP contribution in [0.5, 0.6) is 0 Å². The molecule has 1 aromatic rings. The number of hydrogen-bond donors (Lipinski definition) is 2. The lowest BCUT2D eigenvalue weighted by molar-refractivity contribution is -0.386. The lowest BCUT2D eigenvalue weighted by Gasteiger charge is -2.33. The molecule has 0 saturated carbocycles. The number of β-amino-alcohol motifs (C(OH)–C–C–N with tert-alkyl or cyclic N) is 1. The predicted molar refractivity (Wildman–Crippen MR) is 76.1 cm³/mol. The molecule has 1 saturated heterocycles. The summed E-state index contributed by atoms with van der Waals surface area (Å²) in [7, 11) is -4.06. The number of aliphatic hydroxyl groups excluding tert-OH is 1. The third-order valence-electron chi connectivity index (χ3n) is 3.71. The summed E-state index contributed by atoms with van der Waals surface area (Å²) in [5, 5.41) is 20.9. The summed E-state index contributed by atoms with van der Waals surface area (Å²) in [5.41, 5.74) is 4.70. The molecule has 0 spiro atoms. The first-order valence-electron chi connectivity index (χ1n) is 6.46. The molecule has 2 unspecified atom stereocenters. The molecule has 0 amide bonds. The fraction of sp³-hybridized carbons (Fsp3) is 0.500. The predicted octanol–water partition coefficient (Wildman–Crippen LogP) is 0.568. The van der Waals surface area contributed by atoms with Crippen LogP contribution in [0, 0.1) is 16.0 Å². The number of para-hydroxylation sites is 1. The van der Waals surface area contributed by atoms with E-state index in [1.807, 2.05) is 6.92 Å². The minimum atomic E-state index is -4.06. The van der Waals surface area contributed by atoms with Crippen LogP contribution in [-0.4, -0.2) is 41.9 Å². The highest BCUT2D eigenvalue weighted by atomic mass is 32.2. The highest BCUT2D eigenvalue weighted by Crippen LogP contribution is 2.33. The van der Waals surface area contributed by atoms with Gasteiger partial charge in [0.1, 0.15) is 5.69 Å². The van der Waals surface area contributed by atoms with Gasteiger partial charge in [0, 0.05) is 13.1 Å². The van der Waals surface area contributed by atoms with Crippen molar-refractivity contribution in [1.29, 1.82) is 0 Å². The molecule has 0 radical (unpaired) electrons. The normalized spacial score (nSPS) is 23.9. The number of piperidine rings is 1. The van der Waals surface area contributed by atoms with Gasteiger partial charge in [-0.3, -0.25) is 10.1 Å². The highest BCUT2D eigenvalue weighted by molar-refractivity contribution is 7.89. The summed E-state index contributed by atoms with van der Waals surface area (Å²) in [4.78, 5) is 9.85. The van der Waals surface area contributed by atoms with E-state index < -0.39 is 31.6 Å². The Bertz CT molecular complexity index is 661. The van der Waals surface area contributed by atoms with Crippen LogP contribution in [0.3, 0.4) is 0 Å². The summed E-state index contributed by atoms with van der Waals surface area (Å²) in [6.45, 7) is 1.97. The van der Waals surface area contributed by atoms with Gasteiger partial charge in [0.05, 0.1) is 11.0 Å². The molecule has 9 heteroatoms. The lowest BCUT2D eigenvalue weighted by atomic mass is 9.98. The van der Waals surface area contributed by atoms with Crippen LogP contribution in [0.2, 0.25) is 0 Å². The minimum Gasteiger partial charge on any atom is -0.393 e. The van der Waals surface area contributed by atoms with Crippen molar-refractivity contribution in [3.05, 3.63) is 28.3 Å². The number of aliphatic hydroxyl groups is 1. The third-order valence-corrected chi connectivity index (χ3v) is 5.61. The van der Waals surface area contributed by atoms with Gasteiger partial charge in [0.15, 0.2) is 4.90 Å². The fourth-order valence-corrected chi connectivity index (χ4v) is 3.98. The topological polar surface area (TPSA) is 127 Å². The Morgan fingerprint density at radius 2 is 2.14 bits per heavy atom. The van der Waals surface area contributed by atoms with Crippen LogP contribution < -0.4 is 5.73 Å². The maximum atomic E-state index is 12.6. The van der Waals surface area contributed by atoms with Crippen LogP contribution in [0.4, 0.5) is 11.4 Å². The second kappa shape index (κ2) is 5.58. The van der Waals surface area contributed by atoms with Crippen LogP contribution >= 0.6 is 0 Å². The van der Waals surface area contributed by atoms with Gasteiger partial charge in [-0.1, -0.05) is 13.0 Å². The molecule has 0 aromatic heterocycles. The maximum Gasteiger partial charge on any atom is 0.312 e. The van der Waals surface area contributed by atoms with E-state index in [2.05, 4.69) is 0 Å². The zero-order valence-corrected chi connectivity index (χ0v) is 12.3. The second-order valence-electron chi connectivity index (χ2n) is 5.15. The minimum absolute atomic E-state index is 0.00715. The number of rotatable bonds is 3. The van der Waals surface area contributed by atoms with E-state index in [4.69, 9.17) is 5.73 Å². The SMILES string of the molecule is CC1CCN(S(=O)(=O)c2cccc(N)c2[N+](=O)[O-])CC1O. The van der Waals surface area contributed by atoms with Crippen molar-refractivity contribution >= 4 is 21.4 Å². The molecule has 2 atom stereocenters. The second-order valence-corrected chi connectivity index (χ2v) is 7.05. The van der Waals surface area contributed by atoms with Crippen molar-refractivity contribution in [2.24, 2.45) is 5.92 Å². The van der Waals surface area contributed by atoms with Crippen LogP contribution in [-0.2, 0) is 10.0 Å². The number of nitro groups is 1. The van der Waals surface area contributed by atoms with Crippen molar-refractivity contribution in [2.75, 3.05) is 18.8 Å². The molecule has 2 rings (SSSR count). The largest absolute Gasteiger partial charge is 0.393 e. The Labute approximate surface area is 122 Å². The molecular weight excluding hydrogens is 298 g/mol. The zero-order valence-electron chi connectivity index (χ0n) is 11.5. The molecule has 3 N–H and O–H groups in total. The van der Waals surface area contributed by atoms with Crippen molar-refractivity contribution in [3.8, 4) is 0 Å². The molecule has 1 heterocycles. The summed E-state index contributed by atoms with van der Waals surface area (Å²) in [5.74, 6) is -0.00715. The number of sulfonamides is 1. The molecule has 1 aromatic carbocycles. The van der Waals surface area contributed by atoms with Gasteiger partial charge in [-0.05, 0) is 24.5 Å². The van der Waals surface area contributed by atoms with Gasteiger partial charge in [0.25, 0.3) is 0 Å². The Hall–Kier alpha value is -1.71.